The third kappa shape index (κ3) is 2.70. The molecule has 0 radical (unpaired) electrons. The molecule has 3 N–H and O–H groups in total. The fourth-order valence-electron chi connectivity index (χ4n) is 2.10. The van der Waals surface area contributed by atoms with Gasteiger partial charge >= 0.3 is 0 Å². The minimum absolute atomic E-state index is 0.248. The number of hydrogen-bond acceptors (Lipinski definition) is 3. The fourth-order valence-corrected chi connectivity index (χ4v) is 2.51. The molecule has 20 heavy (non-hydrogen) atoms. The molecule has 0 spiro atoms. The van der Waals surface area contributed by atoms with Crippen molar-refractivity contribution in [2.24, 2.45) is 7.05 Å². The topological polar surface area (TPSA) is 72.9 Å². The van der Waals surface area contributed by atoms with Crippen LogP contribution in [0, 0.1) is 6.92 Å². The first-order valence-corrected chi connectivity index (χ1v) is 7.12. The van der Waals surface area contributed by atoms with E-state index in [2.05, 4.69) is 26.3 Å². The summed E-state index contributed by atoms with van der Waals surface area (Å²) in [6, 6.07) is 5.76. The highest BCUT2D eigenvalue weighted by molar-refractivity contribution is 9.10. The molecule has 106 valence electrons. The van der Waals surface area contributed by atoms with E-state index in [0.717, 1.165) is 22.1 Å². The summed E-state index contributed by atoms with van der Waals surface area (Å²) in [6.07, 6.45) is 0.828. The van der Waals surface area contributed by atoms with Crippen LogP contribution < -0.4 is 11.1 Å². The van der Waals surface area contributed by atoms with E-state index >= 15 is 0 Å². The van der Waals surface area contributed by atoms with Crippen molar-refractivity contribution in [1.82, 2.24) is 9.78 Å². The smallest absolute Gasteiger partial charge is 0.276 e. The molecule has 0 aliphatic rings. The van der Waals surface area contributed by atoms with Crippen LogP contribution in [-0.4, -0.2) is 15.7 Å². The van der Waals surface area contributed by atoms with Gasteiger partial charge in [-0.1, -0.05) is 22.9 Å². The first-order valence-electron chi connectivity index (χ1n) is 6.32. The summed E-state index contributed by atoms with van der Waals surface area (Å²) >= 11 is 3.43. The van der Waals surface area contributed by atoms with Crippen LogP contribution in [0.4, 0.5) is 11.4 Å². The van der Waals surface area contributed by atoms with Gasteiger partial charge in [0.05, 0.1) is 11.4 Å². The van der Waals surface area contributed by atoms with E-state index < -0.39 is 0 Å². The van der Waals surface area contributed by atoms with Crippen LogP contribution in [0.15, 0.2) is 22.7 Å². The second kappa shape index (κ2) is 5.66. The first-order chi connectivity index (χ1) is 9.43. The lowest BCUT2D eigenvalue weighted by molar-refractivity contribution is 0.101. The number of hydrogen-bond donors (Lipinski definition) is 2. The van der Waals surface area contributed by atoms with Gasteiger partial charge in [-0.25, -0.2) is 0 Å². The normalized spacial score (nSPS) is 10.6. The zero-order chi connectivity index (χ0) is 14.9. The number of amides is 1. The molecule has 5 nitrogen and oxygen atoms in total. The van der Waals surface area contributed by atoms with Gasteiger partial charge in [0.15, 0.2) is 0 Å². The number of nitrogen functional groups attached to an aromatic ring is 1. The second-order valence-corrected chi connectivity index (χ2v) is 5.50. The van der Waals surface area contributed by atoms with Crippen LogP contribution >= 0.6 is 15.9 Å². The van der Waals surface area contributed by atoms with Gasteiger partial charge in [0, 0.05) is 17.2 Å². The number of halogens is 1. The van der Waals surface area contributed by atoms with Gasteiger partial charge in [0.1, 0.15) is 5.69 Å². The Morgan fingerprint density at radius 2 is 2.20 bits per heavy atom. The maximum Gasteiger partial charge on any atom is 0.276 e. The molecule has 0 fully saturated rings. The van der Waals surface area contributed by atoms with Gasteiger partial charge in [-0.05, 0) is 37.1 Å². The molecule has 2 aromatic rings. The van der Waals surface area contributed by atoms with Crippen molar-refractivity contribution in [2.45, 2.75) is 20.3 Å². The molecule has 0 saturated heterocycles. The largest absolute Gasteiger partial charge is 0.395 e. The van der Waals surface area contributed by atoms with Crippen LogP contribution in [0.2, 0.25) is 0 Å². The second-order valence-electron chi connectivity index (χ2n) is 4.58. The summed E-state index contributed by atoms with van der Waals surface area (Å²) in [4.78, 5) is 12.4. The van der Waals surface area contributed by atoms with Crippen LogP contribution in [0.5, 0.6) is 0 Å². The highest BCUT2D eigenvalue weighted by Crippen LogP contribution is 2.23. The van der Waals surface area contributed by atoms with Gasteiger partial charge < -0.3 is 11.1 Å². The Bertz CT molecular complexity index is 663. The zero-order valence-electron chi connectivity index (χ0n) is 11.7. The minimum atomic E-state index is -0.248. The maximum atomic E-state index is 12.4. The number of nitrogens with one attached hydrogen (secondary N) is 1. The molecule has 0 saturated carbocycles. The molecule has 6 heteroatoms. The van der Waals surface area contributed by atoms with Crippen molar-refractivity contribution in [3.05, 3.63) is 39.6 Å². The van der Waals surface area contributed by atoms with Crippen LogP contribution in [-0.2, 0) is 13.5 Å². The number of anilines is 2. The van der Waals surface area contributed by atoms with Crippen molar-refractivity contribution < 1.29 is 4.79 Å². The predicted molar refractivity (Wildman–Crippen MR) is 83.8 cm³/mol. The number of aromatic nitrogens is 2. The number of benzene rings is 1. The Balaban J connectivity index is 2.33. The Morgan fingerprint density at radius 1 is 1.50 bits per heavy atom. The lowest BCUT2D eigenvalue weighted by Crippen LogP contribution is -2.18. The Labute approximate surface area is 126 Å². The van der Waals surface area contributed by atoms with E-state index in [4.69, 9.17) is 5.73 Å². The first kappa shape index (κ1) is 14.6. The number of carbonyl (C=O) groups is 1. The fraction of sp³-hybridized carbons (Fsp3) is 0.286. The molecule has 0 aliphatic heterocycles. The molecule has 0 aliphatic carbocycles. The number of nitrogens with two attached hydrogens (primary N) is 1. The average Bonchev–Trinajstić information content (AvgIpc) is 2.65. The maximum absolute atomic E-state index is 12.4. The molecule has 0 bridgehead atoms. The summed E-state index contributed by atoms with van der Waals surface area (Å²) < 4.78 is 2.49. The Hall–Kier alpha value is -1.82. The molecular weight excluding hydrogens is 320 g/mol. The van der Waals surface area contributed by atoms with Gasteiger partial charge in [0.25, 0.3) is 5.91 Å². The zero-order valence-corrected chi connectivity index (χ0v) is 13.3. The summed E-state index contributed by atoms with van der Waals surface area (Å²) in [5, 5.41) is 7.05. The van der Waals surface area contributed by atoms with Crippen LogP contribution in [0.1, 0.15) is 28.7 Å². The molecule has 1 aromatic carbocycles. The van der Waals surface area contributed by atoms with Crippen molar-refractivity contribution >= 4 is 33.2 Å². The third-order valence-corrected chi connectivity index (χ3v) is 3.67. The van der Waals surface area contributed by atoms with Crippen molar-refractivity contribution in [3.63, 3.8) is 0 Å². The SMILES string of the molecule is CCc1cc(Br)ccc1NC(=O)c1c(N)c(C)nn1C. The summed E-state index contributed by atoms with van der Waals surface area (Å²) in [5.74, 6) is -0.248. The molecule has 2 rings (SSSR count). The van der Waals surface area contributed by atoms with Gasteiger partial charge in [-0.3, -0.25) is 9.48 Å². The highest BCUT2D eigenvalue weighted by atomic mass is 79.9. The van der Waals surface area contributed by atoms with E-state index in [1.165, 1.54) is 4.68 Å². The monoisotopic (exact) mass is 336 g/mol. The van der Waals surface area contributed by atoms with Gasteiger partial charge in [-0.15, -0.1) is 0 Å². The average molecular weight is 337 g/mol. The Kier molecular flexibility index (Phi) is 4.13. The third-order valence-electron chi connectivity index (χ3n) is 3.18. The van der Waals surface area contributed by atoms with Crippen molar-refractivity contribution in [2.75, 3.05) is 11.1 Å². The summed E-state index contributed by atoms with van der Waals surface area (Å²) in [5.41, 5.74) is 9.21. The summed E-state index contributed by atoms with van der Waals surface area (Å²) in [7, 11) is 1.71. The van der Waals surface area contributed by atoms with E-state index in [0.29, 0.717) is 17.1 Å². The molecule has 1 amide bonds. The minimum Gasteiger partial charge on any atom is -0.395 e. The number of carbonyl (C=O) groups excluding carboxylic acids is 1. The number of nitrogens with zero attached hydrogens (tertiary/aromatic N) is 2. The number of aryl methyl sites for hydroxylation is 3. The van der Waals surface area contributed by atoms with Gasteiger partial charge in [0.2, 0.25) is 0 Å². The highest BCUT2D eigenvalue weighted by Gasteiger charge is 2.18. The van der Waals surface area contributed by atoms with Gasteiger partial charge in [-0.2, -0.15) is 5.10 Å². The Morgan fingerprint density at radius 3 is 2.75 bits per heavy atom. The molecular formula is C14H17BrN4O. The molecule has 0 atom stereocenters. The van der Waals surface area contributed by atoms with E-state index in [-0.39, 0.29) is 5.91 Å². The van der Waals surface area contributed by atoms with E-state index in [1.54, 1.807) is 14.0 Å². The van der Waals surface area contributed by atoms with Crippen LogP contribution in [0.3, 0.4) is 0 Å². The molecule has 1 aromatic heterocycles. The van der Waals surface area contributed by atoms with Crippen molar-refractivity contribution in [3.8, 4) is 0 Å². The predicted octanol–water partition coefficient (Wildman–Crippen LogP) is 2.89. The quantitative estimate of drug-likeness (QED) is 0.905. The van der Waals surface area contributed by atoms with E-state index in [9.17, 15) is 4.79 Å². The lowest BCUT2D eigenvalue weighted by atomic mass is 10.1. The number of rotatable bonds is 3. The summed E-state index contributed by atoms with van der Waals surface area (Å²) in [6.45, 7) is 3.82. The standard InChI is InChI=1S/C14H17BrN4O/c1-4-9-7-10(15)5-6-11(9)17-14(20)13-12(16)8(2)18-19(13)3/h5-7H,4,16H2,1-3H3,(H,17,20). The van der Waals surface area contributed by atoms with Crippen molar-refractivity contribution in [1.29, 1.82) is 0 Å². The van der Waals surface area contributed by atoms with E-state index in [1.807, 2.05) is 25.1 Å². The van der Waals surface area contributed by atoms with Crippen LogP contribution in [0.25, 0.3) is 0 Å². The molecule has 1 heterocycles. The lowest BCUT2D eigenvalue weighted by Gasteiger charge is -2.11. The molecule has 0 unspecified atom stereocenters.